The molecule has 0 saturated carbocycles. The summed E-state index contributed by atoms with van der Waals surface area (Å²) in [5, 5.41) is 8.80. The molecule has 1 aliphatic heterocycles. The summed E-state index contributed by atoms with van der Waals surface area (Å²) < 4.78 is 0. The molecule has 1 aromatic heterocycles. The van der Waals surface area contributed by atoms with Gasteiger partial charge in [-0.05, 0) is 31.9 Å². The van der Waals surface area contributed by atoms with Gasteiger partial charge in [0.25, 0.3) is 0 Å². The highest BCUT2D eigenvalue weighted by Crippen LogP contribution is 2.26. The van der Waals surface area contributed by atoms with Crippen LogP contribution in [0.2, 0.25) is 0 Å². The van der Waals surface area contributed by atoms with Gasteiger partial charge >= 0.3 is 0 Å². The third kappa shape index (κ3) is 2.82. The molecule has 0 radical (unpaired) electrons. The summed E-state index contributed by atoms with van der Waals surface area (Å²) in [6.07, 6.45) is 1.87. The van der Waals surface area contributed by atoms with Crippen LogP contribution in [-0.2, 0) is 4.79 Å². The van der Waals surface area contributed by atoms with Gasteiger partial charge < -0.3 is 10.0 Å². The highest BCUT2D eigenvalue weighted by molar-refractivity contribution is 5.77. The molecule has 17 heavy (non-hydrogen) atoms. The Morgan fingerprint density at radius 3 is 2.76 bits per heavy atom. The zero-order chi connectivity index (χ0) is 12.3. The minimum Gasteiger partial charge on any atom is -0.387 e. The molecule has 0 unspecified atom stereocenters. The van der Waals surface area contributed by atoms with Gasteiger partial charge in [-0.15, -0.1) is 0 Å². The Bertz CT molecular complexity index is 398. The predicted molar refractivity (Wildman–Crippen MR) is 64.6 cm³/mol. The van der Waals surface area contributed by atoms with Gasteiger partial charge in [0, 0.05) is 30.4 Å². The lowest BCUT2D eigenvalue weighted by Crippen LogP contribution is -2.39. The van der Waals surface area contributed by atoms with Crippen molar-refractivity contribution in [3.05, 3.63) is 29.6 Å². The molecule has 1 aliphatic rings. The van der Waals surface area contributed by atoms with Gasteiger partial charge in [0.1, 0.15) is 6.61 Å². The molecule has 2 heterocycles. The van der Waals surface area contributed by atoms with E-state index >= 15 is 0 Å². The zero-order valence-electron chi connectivity index (χ0n) is 10.1. The first-order valence-electron chi connectivity index (χ1n) is 6.03. The first-order chi connectivity index (χ1) is 8.20. The van der Waals surface area contributed by atoms with Crippen molar-refractivity contribution in [2.24, 2.45) is 0 Å². The molecular formula is C13H18N2O2. The Labute approximate surface area is 101 Å². The first kappa shape index (κ1) is 12.0. The molecule has 2 rings (SSSR count). The van der Waals surface area contributed by atoms with Crippen molar-refractivity contribution in [1.29, 1.82) is 0 Å². The standard InChI is InChI=1S/C13H18N2O2/c1-10-3-2-4-12(14-10)11-5-7-15(8-6-11)13(17)9-16/h2-4,11,16H,5-9H2,1H3. The maximum absolute atomic E-state index is 11.3. The summed E-state index contributed by atoms with van der Waals surface area (Å²) in [5.74, 6) is 0.276. The average molecular weight is 234 g/mol. The Balaban J connectivity index is 1.97. The smallest absolute Gasteiger partial charge is 0.248 e. The molecule has 1 fully saturated rings. The molecule has 1 N–H and O–H groups in total. The van der Waals surface area contributed by atoms with Crippen molar-refractivity contribution in [2.45, 2.75) is 25.7 Å². The summed E-state index contributed by atoms with van der Waals surface area (Å²) in [7, 11) is 0. The fraction of sp³-hybridized carbons (Fsp3) is 0.538. The first-order valence-corrected chi connectivity index (χ1v) is 6.03. The second kappa shape index (κ2) is 5.27. The summed E-state index contributed by atoms with van der Waals surface area (Å²) in [5.41, 5.74) is 2.16. The fourth-order valence-electron chi connectivity index (χ4n) is 2.32. The second-order valence-corrected chi connectivity index (χ2v) is 4.52. The Kier molecular flexibility index (Phi) is 3.74. The molecule has 1 amide bonds. The van der Waals surface area contributed by atoms with E-state index in [9.17, 15) is 4.79 Å². The van der Waals surface area contributed by atoms with Crippen LogP contribution in [0.3, 0.4) is 0 Å². The number of carbonyl (C=O) groups is 1. The summed E-state index contributed by atoms with van der Waals surface area (Å²) in [4.78, 5) is 17.6. The van der Waals surface area contributed by atoms with Gasteiger partial charge in [0.2, 0.25) is 5.91 Å². The lowest BCUT2D eigenvalue weighted by molar-refractivity contribution is -0.135. The number of hydrogen-bond donors (Lipinski definition) is 1. The number of nitrogens with zero attached hydrogens (tertiary/aromatic N) is 2. The number of pyridine rings is 1. The van der Waals surface area contributed by atoms with Crippen LogP contribution in [0.5, 0.6) is 0 Å². The quantitative estimate of drug-likeness (QED) is 0.833. The molecule has 0 aliphatic carbocycles. The maximum Gasteiger partial charge on any atom is 0.248 e. The number of aromatic nitrogens is 1. The number of aryl methyl sites for hydroxylation is 1. The van der Waals surface area contributed by atoms with E-state index in [2.05, 4.69) is 11.1 Å². The van der Waals surface area contributed by atoms with E-state index in [1.807, 2.05) is 19.1 Å². The number of carbonyl (C=O) groups excluding carboxylic acids is 1. The van der Waals surface area contributed by atoms with E-state index in [1.165, 1.54) is 0 Å². The summed E-state index contributed by atoms with van der Waals surface area (Å²) in [6, 6.07) is 6.08. The molecule has 4 heteroatoms. The molecular weight excluding hydrogens is 216 g/mol. The normalized spacial score (nSPS) is 17.2. The van der Waals surface area contributed by atoms with E-state index < -0.39 is 0 Å². The van der Waals surface area contributed by atoms with Crippen LogP contribution < -0.4 is 0 Å². The number of amides is 1. The summed E-state index contributed by atoms with van der Waals surface area (Å²) >= 11 is 0. The van der Waals surface area contributed by atoms with Crippen molar-refractivity contribution in [2.75, 3.05) is 19.7 Å². The van der Waals surface area contributed by atoms with Crippen LogP contribution in [-0.4, -0.2) is 40.6 Å². The average Bonchev–Trinajstić information content (AvgIpc) is 2.38. The van der Waals surface area contributed by atoms with E-state index in [0.717, 1.165) is 37.3 Å². The number of rotatable bonds is 2. The van der Waals surface area contributed by atoms with Gasteiger partial charge in [0.15, 0.2) is 0 Å². The van der Waals surface area contributed by atoms with Crippen LogP contribution >= 0.6 is 0 Å². The van der Waals surface area contributed by atoms with Gasteiger partial charge in [0.05, 0.1) is 0 Å². The number of aliphatic hydroxyl groups excluding tert-OH is 1. The Morgan fingerprint density at radius 1 is 1.47 bits per heavy atom. The van der Waals surface area contributed by atoms with Gasteiger partial charge in [-0.2, -0.15) is 0 Å². The third-order valence-corrected chi connectivity index (χ3v) is 3.31. The van der Waals surface area contributed by atoms with Crippen molar-refractivity contribution in [3.63, 3.8) is 0 Å². The van der Waals surface area contributed by atoms with Gasteiger partial charge in [-0.1, -0.05) is 6.07 Å². The van der Waals surface area contributed by atoms with Crippen LogP contribution in [0.25, 0.3) is 0 Å². The van der Waals surface area contributed by atoms with E-state index in [-0.39, 0.29) is 12.5 Å². The van der Waals surface area contributed by atoms with Crippen molar-refractivity contribution < 1.29 is 9.90 Å². The maximum atomic E-state index is 11.3. The van der Waals surface area contributed by atoms with E-state index in [1.54, 1.807) is 4.90 Å². The van der Waals surface area contributed by atoms with E-state index in [0.29, 0.717) is 5.92 Å². The highest BCUT2D eigenvalue weighted by atomic mass is 16.3. The molecule has 0 bridgehead atoms. The number of aliphatic hydroxyl groups is 1. The predicted octanol–water partition coefficient (Wildman–Crippen LogP) is 1.09. The lowest BCUT2D eigenvalue weighted by atomic mass is 9.93. The minimum atomic E-state index is -0.382. The SMILES string of the molecule is Cc1cccc(C2CCN(C(=O)CO)CC2)n1. The van der Waals surface area contributed by atoms with Gasteiger partial charge in [-0.25, -0.2) is 0 Å². The lowest BCUT2D eigenvalue weighted by Gasteiger charge is -2.31. The van der Waals surface area contributed by atoms with Crippen LogP contribution in [0.15, 0.2) is 18.2 Å². The zero-order valence-corrected chi connectivity index (χ0v) is 10.1. The monoisotopic (exact) mass is 234 g/mol. The van der Waals surface area contributed by atoms with Crippen molar-refractivity contribution in [1.82, 2.24) is 9.88 Å². The van der Waals surface area contributed by atoms with Crippen LogP contribution in [0.4, 0.5) is 0 Å². The highest BCUT2D eigenvalue weighted by Gasteiger charge is 2.23. The number of likely N-dealkylation sites (tertiary alicyclic amines) is 1. The fourth-order valence-corrected chi connectivity index (χ4v) is 2.32. The minimum absolute atomic E-state index is 0.166. The molecule has 4 nitrogen and oxygen atoms in total. The summed E-state index contributed by atoms with van der Waals surface area (Å²) in [6.45, 7) is 3.06. The Morgan fingerprint density at radius 2 is 2.18 bits per heavy atom. The topological polar surface area (TPSA) is 53.4 Å². The molecule has 1 saturated heterocycles. The van der Waals surface area contributed by atoms with Crippen molar-refractivity contribution >= 4 is 5.91 Å². The largest absolute Gasteiger partial charge is 0.387 e. The molecule has 1 aromatic rings. The van der Waals surface area contributed by atoms with Crippen LogP contribution in [0, 0.1) is 6.92 Å². The molecule has 0 aromatic carbocycles. The molecule has 0 atom stereocenters. The van der Waals surface area contributed by atoms with Gasteiger partial charge in [-0.3, -0.25) is 9.78 Å². The Hall–Kier alpha value is -1.42. The molecule has 0 spiro atoms. The number of piperidine rings is 1. The third-order valence-electron chi connectivity index (χ3n) is 3.31. The van der Waals surface area contributed by atoms with Crippen molar-refractivity contribution in [3.8, 4) is 0 Å². The number of hydrogen-bond acceptors (Lipinski definition) is 3. The molecule has 92 valence electrons. The second-order valence-electron chi connectivity index (χ2n) is 4.52. The van der Waals surface area contributed by atoms with E-state index in [4.69, 9.17) is 5.11 Å². The van der Waals surface area contributed by atoms with Crippen LogP contribution in [0.1, 0.15) is 30.1 Å².